The highest BCUT2D eigenvalue weighted by Gasteiger charge is 2.24. The molecule has 1 heterocycles. The van der Waals surface area contributed by atoms with Crippen molar-refractivity contribution in [2.45, 2.75) is 13.8 Å². The summed E-state index contributed by atoms with van der Waals surface area (Å²) in [4.78, 5) is 15.8. The second-order valence-electron chi connectivity index (χ2n) is 4.33. The molecule has 0 spiro atoms. The van der Waals surface area contributed by atoms with E-state index < -0.39 is 5.97 Å². The van der Waals surface area contributed by atoms with Crippen molar-refractivity contribution in [3.8, 4) is 5.75 Å². The van der Waals surface area contributed by atoms with Gasteiger partial charge >= 0.3 is 5.97 Å². The van der Waals surface area contributed by atoms with Crippen LogP contribution in [0.1, 0.15) is 19.4 Å². The molecule has 18 heavy (non-hydrogen) atoms. The van der Waals surface area contributed by atoms with Crippen LogP contribution in [0, 0.1) is 5.92 Å². The van der Waals surface area contributed by atoms with Gasteiger partial charge in [0.1, 0.15) is 11.4 Å². The van der Waals surface area contributed by atoms with E-state index in [2.05, 4.69) is 4.99 Å². The molecule has 0 amide bonds. The molecule has 1 aromatic rings. The van der Waals surface area contributed by atoms with Crippen molar-refractivity contribution in [1.82, 2.24) is 0 Å². The topological polar surface area (TPSA) is 47.9 Å². The number of methoxy groups -OCH3 is 1. The number of benzene rings is 1. The van der Waals surface area contributed by atoms with E-state index in [1.165, 1.54) is 0 Å². The summed E-state index contributed by atoms with van der Waals surface area (Å²) in [5, 5.41) is 0. The predicted molar refractivity (Wildman–Crippen MR) is 68.5 cm³/mol. The lowest BCUT2D eigenvalue weighted by atomic mass is 10.2. The number of cyclic esters (lactones) is 1. The highest BCUT2D eigenvalue weighted by Crippen LogP contribution is 2.19. The quantitative estimate of drug-likeness (QED) is 0.607. The first kappa shape index (κ1) is 12.4. The fourth-order valence-corrected chi connectivity index (χ4v) is 1.60. The van der Waals surface area contributed by atoms with Gasteiger partial charge in [-0.2, -0.15) is 0 Å². The van der Waals surface area contributed by atoms with Gasteiger partial charge in [-0.05, 0) is 36.3 Å². The summed E-state index contributed by atoms with van der Waals surface area (Å²) in [6.45, 7) is 3.97. The van der Waals surface area contributed by atoms with Crippen LogP contribution in [0.2, 0.25) is 0 Å². The fourth-order valence-electron chi connectivity index (χ4n) is 1.60. The SMILES string of the molecule is COc1ccc(C2=NC(=CC(C)C)C(=O)O2)cc1. The van der Waals surface area contributed by atoms with E-state index >= 15 is 0 Å². The Hall–Kier alpha value is -2.10. The summed E-state index contributed by atoms with van der Waals surface area (Å²) in [6, 6.07) is 7.22. The zero-order valence-electron chi connectivity index (χ0n) is 10.6. The Balaban J connectivity index is 2.26. The van der Waals surface area contributed by atoms with Gasteiger partial charge in [0, 0.05) is 5.56 Å². The maximum Gasteiger partial charge on any atom is 0.363 e. The van der Waals surface area contributed by atoms with Crippen LogP contribution in [0.5, 0.6) is 5.75 Å². The third-order valence-corrected chi connectivity index (χ3v) is 2.45. The Morgan fingerprint density at radius 1 is 1.28 bits per heavy atom. The minimum absolute atomic E-state index is 0.256. The fraction of sp³-hybridized carbons (Fsp3) is 0.286. The van der Waals surface area contributed by atoms with Crippen LogP contribution in [-0.2, 0) is 9.53 Å². The third kappa shape index (κ3) is 2.59. The molecule has 94 valence electrons. The summed E-state index contributed by atoms with van der Waals surface area (Å²) >= 11 is 0. The average molecular weight is 245 g/mol. The Kier molecular flexibility index (Phi) is 3.46. The van der Waals surface area contributed by atoms with Gasteiger partial charge in [0.2, 0.25) is 5.90 Å². The number of hydrogen-bond donors (Lipinski definition) is 0. The molecule has 0 fully saturated rings. The zero-order valence-corrected chi connectivity index (χ0v) is 10.6. The van der Waals surface area contributed by atoms with Gasteiger partial charge in [-0.3, -0.25) is 0 Å². The van der Waals surface area contributed by atoms with Gasteiger partial charge in [0.25, 0.3) is 0 Å². The summed E-state index contributed by atoms with van der Waals surface area (Å²) in [6.07, 6.45) is 1.79. The number of ether oxygens (including phenoxy) is 2. The van der Waals surface area contributed by atoms with Crippen molar-refractivity contribution in [2.75, 3.05) is 7.11 Å². The standard InChI is InChI=1S/C14H15NO3/c1-9(2)8-12-14(16)18-13(15-12)10-4-6-11(17-3)7-5-10/h4-9H,1-3H3. The van der Waals surface area contributed by atoms with E-state index in [9.17, 15) is 4.79 Å². The van der Waals surface area contributed by atoms with Crippen molar-refractivity contribution in [3.63, 3.8) is 0 Å². The van der Waals surface area contributed by atoms with Crippen molar-refractivity contribution in [1.29, 1.82) is 0 Å². The van der Waals surface area contributed by atoms with Crippen molar-refractivity contribution in [2.24, 2.45) is 10.9 Å². The van der Waals surface area contributed by atoms with Crippen molar-refractivity contribution < 1.29 is 14.3 Å². The monoisotopic (exact) mass is 245 g/mol. The van der Waals surface area contributed by atoms with Gasteiger partial charge in [-0.15, -0.1) is 0 Å². The number of hydrogen-bond acceptors (Lipinski definition) is 4. The molecular formula is C14H15NO3. The summed E-state index contributed by atoms with van der Waals surface area (Å²) in [5.41, 5.74) is 1.13. The molecule has 1 aliphatic rings. The molecule has 4 heteroatoms. The highest BCUT2D eigenvalue weighted by atomic mass is 16.6. The lowest BCUT2D eigenvalue weighted by Gasteiger charge is -2.01. The smallest absolute Gasteiger partial charge is 0.363 e. The van der Waals surface area contributed by atoms with Crippen LogP contribution < -0.4 is 4.74 Å². The second-order valence-corrected chi connectivity index (χ2v) is 4.33. The molecular weight excluding hydrogens is 230 g/mol. The molecule has 0 radical (unpaired) electrons. The van der Waals surface area contributed by atoms with Gasteiger partial charge in [0.15, 0.2) is 0 Å². The van der Waals surface area contributed by atoms with Crippen LogP contribution >= 0.6 is 0 Å². The van der Waals surface area contributed by atoms with E-state index in [0.717, 1.165) is 11.3 Å². The van der Waals surface area contributed by atoms with Gasteiger partial charge in [-0.1, -0.05) is 13.8 Å². The number of carbonyl (C=O) groups excluding carboxylic acids is 1. The van der Waals surface area contributed by atoms with Crippen molar-refractivity contribution >= 4 is 11.9 Å². The van der Waals surface area contributed by atoms with Crippen molar-refractivity contribution in [3.05, 3.63) is 41.6 Å². The van der Waals surface area contributed by atoms with E-state index in [1.807, 2.05) is 26.0 Å². The highest BCUT2D eigenvalue weighted by molar-refractivity contribution is 6.11. The number of nitrogens with zero attached hydrogens (tertiary/aromatic N) is 1. The van der Waals surface area contributed by atoms with E-state index in [0.29, 0.717) is 11.6 Å². The minimum atomic E-state index is -0.394. The van der Waals surface area contributed by atoms with E-state index in [1.54, 1.807) is 25.3 Å². The lowest BCUT2D eigenvalue weighted by Crippen LogP contribution is -2.05. The summed E-state index contributed by atoms with van der Waals surface area (Å²) < 4.78 is 10.2. The number of allylic oxidation sites excluding steroid dienone is 1. The number of esters is 1. The van der Waals surface area contributed by atoms with Gasteiger partial charge in [-0.25, -0.2) is 9.79 Å². The molecule has 0 saturated carbocycles. The van der Waals surface area contributed by atoms with Gasteiger partial charge in [0.05, 0.1) is 7.11 Å². The molecule has 0 aliphatic carbocycles. The summed E-state index contributed by atoms with van der Waals surface area (Å²) in [5.74, 6) is 0.956. The molecule has 0 unspecified atom stereocenters. The number of rotatable bonds is 3. The Morgan fingerprint density at radius 2 is 1.94 bits per heavy atom. The van der Waals surface area contributed by atoms with Crippen LogP contribution in [0.3, 0.4) is 0 Å². The molecule has 2 rings (SSSR count). The molecule has 0 bridgehead atoms. The molecule has 0 aromatic heterocycles. The zero-order chi connectivity index (χ0) is 13.1. The van der Waals surface area contributed by atoms with Crippen LogP contribution in [0.4, 0.5) is 0 Å². The molecule has 0 N–H and O–H groups in total. The first-order chi connectivity index (χ1) is 8.60. The van der Waals surface area contributed by atoms with Gasteiger partial charge < -0.3 is 9.47 Å². The van der Waals surface area contributed by atoms with Crippen LogP contribution in [0.15, 0.2) is 41.0 Å². The van der Waals surface area contributed by atoms with E-state index in [-0.39, 0.29) is 5.92 Å². The number of aliphatic imine (C=N–C) groups is 1. The Morgan fingerprint density at radius 3 is 2.50 bits per heavy atom. The summed E-state index contributed by atoms with van der Waals surface area (Å²) in [7, 11) is 1.60. The molecule has 1 aliphatic heterocycles. The largest absolute Gasteiger partial charge is 0.497 e. The Bertz CT molecular complexity index is 512. The van der Waals surface area contributed by atoms with E-state index in [4.69, 9.17) is 9.47 Å². The molecule has 4 nitrogen and oxygen atoms in total. The maximum absolute atomic E-state index is 11.6. The predicted octanol–water partition coefficient (Wildman–Crippen LogP) is 2.54. The van der Waals surface area contributed by atoms with Crippen LogP contribution in [-0.4, -0.2) is 19.0 Å². The number of carbonyl (C=O) groups is 1. The average Bonchev–Trinajstić information content (AvgIpc) is 2.70. The van der Waals surface area contributed by atoms with Crippen LogP contribution in [0.25, 0.3) is 0 Å². The molecule has 0 saturated heterocycles. The Labute approximate surface area is 106 Å². The molecule has 1 aromatic carbocycles. The third-order valence-electron chi connectivity index (χ3n) is 2.45. The lowest BCUT2D eigenvalue weighted by molar-refractivity contribution is -0.130. The normalized spacial score (nSPS) is 17.0. The first-order valence-corrected chi connectivity index (χ1v) is 5.77. The molecule has 0 atom stereocenters. The second kappa shape index (κ2) is 5.04. The minimum Gasteiger partial charge on any atom is -0.497 e. The maximum atomic E-state index is 11.6. The first-order valence-electron chi connectivity index (χ1n) is 5.77.